The van der Waals surface area contributed by atoms with Gasteiger partial charge in [-0.3, -0.25) is 19.3 Å². The van der Waals surface area contributed by atoms with E-state index in [4.69, 9.17) is 9.47 Å². The largest absolute Gasteiger partial charge is 0.476 e. The minimum Gasteiger partial charge on any atom is -0.476 e. The van der Waals surface area contributed by atoms with Crippen LogP contribution in [0.1, 0.15) is 32.1 Å². The molecule has 10 heteroatoms. The van der Waals surface area contributed by atoms with Crippen LogP contribution in [0.4, 0.5) is 10.5 Å². The molecule has 10 nitrogen and oxygen atoms in total. The Bertz CT molecular complexity index is 969. The summed E-state index contributed by atoms with van der Waals surface area (Å²) in [6.45, 7) is 2.02. The van der Waals surface area contributed by atoms with Crippen molar-refractivity contribution in [1.29, 1.82) is 0 Å². The second-order valence-corrected chi connectivity index (χ2v) is 8.94. The second-order valence-electron chi connectivity index (χ2n) is 8.94. The first-order chi connectivity index (χ1) is 16.0. The van der Waals surface area contributed by atoms with E-state index in [1.54, 1.807) is 29.2 Å². The molecule has 1 unspecified atom stereocenters. The fourth-order valence-electron chi connectivity index (χ4n) is 5.13. The topological polar surface area (TPSA) is 108 Å². The number of para-hydroxylation sites is 2. The highest BCUT2D eigenvalue weighted by atomic mass is 16.5. The standard InChI is InChI=1S/C23H28N4O6/c28-19(7-10-26-21(30)23(24-22(26)31)8-3-4-9-23)27-15-18(20(29)25-11-13-32-14-12-25)33-17-6-2-1-5-16(17)27/h1-2,5-6,18H,3-4,7-15H2,(H,24,31). The van der Waals surface area contributed by atoms with Crippen LogP contribution >= 0.6 is 0 Å². The van der Waals surface area contributed by atoms with Gasteiger partial charge in [0.1, 0.15) is 11.3 Å². The van der Waals surface area contributed by atoms with Crippen molar-refractivity contribution in [3.8, 4) is 5.75 Å². The Balaban J connectivity index is 1.29. The van der Waals surface area contributed by atoms with Crippen LogP contribution in [0.3, 0.4) is 0 Å². The first-order valence-corrected chi connectivity index (χ1v) is 11.6. The van der Waals surface area contributed by atoms with Crippen LogP contribution in [0, 0.1) is 0 Å². The lowest BCUT2D eigenvalue weighted by Gasteiger charge is -2.37. The molecule has 1 spiro atoms. The third kappa shape index (κ3) is 3.92. The van der Waals surface area contributed by atoms with Gasteiger partial charge in [0, 0.05) is 26.1 Å². The molecule has 1 N–H and O–H groups in total. The van der Waals surface area contributed by atoms with Crippen molar-refractivity contribution in [2.75, 3.05) is 44.3 Å². The lowest BCUT2D eigenvalue weighted by atomic mass is 9.98. The molecule has 1 aromatic rings. The van der Waals surface area contributed by atoms with Gasteiger partial charge >= 0.3 is 6.03 Å². The molecule has 2 saturated heterocycles. The number of urea groups is 1. The molecule has 0 aromatic heterocycles. The second kappa shape index (κ2) is 8.66. The summed E-state index contributed by atoms with van der Waals surface area (Å²) in [4.78, 5) is 56.0. The molecule has 1 aromatic carbocycles. The molecule has 3 heterocycles. The molecule has 5 amide bonds. The fourth-order valence-corrected chi connectivity index (χ4v) is 5.13. The van der Waals surface area contributed by atoms with E-state index in [1.165, 1.54) is 4.90 Å². The van der Waals surface area contributed by atoms with Crippen LogP contribution in [0.2, 0.25) is 0 Å². The summed E-state index contributed by atoms with van der Waals surface area (Å²) in [5, 5.41) is 2.84. The Morgan fingerprint density at radius 1 is 1.09 bits per heavy atom. The predicted octanol–water partition coefficient (Wildman–Crippen LogP) is 0.894. The third-order valence-electron chi connectivity index (χ3n) is 6.93. The van der Waals surface area contributed by atoms with Crippen LogP contribution in [0.5, 0.6) is 5.75 Å². The highest BCUT2D eigenvalue weighted by Gasteiger charge is 2.52. The molecule has 33 heavy (non-hydrogen) atoms. The average molecular weight is 456 g/mol. The van der Waals surface area contributed by atoms with Crippen molar-refractivity contribution in [3.05, 3.63) is 24.3 Å². The van der Waals surface area contributed by atoms with E-state index in [-0.39, 0.29) is 37.2 Å². The van der Waals surface area contributed by atoms with Crippen molar-refractivity contribution in [2.45, 2.75) is 43.7 Å². The highest BCUT2D eigenvalue weighted by molar-refractivity contribution is 6.07. The minimum atomic E-state index is -0.819. The molecule has 3 fully saturated rings. The van der Waals surface area contributed by atoms with Crippen molar-refractivity contribution in [2.24, 2.45) is 0 Å². The molecule has 176 valence electrons. The number of imide groups is 1. The Morgan fingerprint density at radius 3 is 2.58 bits per heavy atom. The Morgan fingerprint density at radius 2 is 1.82 bits per heavy atom. The molecule has 1 aliphatic carbocycles. The number of hydrogen-bond acceptors (Lipinski definition) is 6. The van der Waals surface area contributed by atoms with E-state index in [9.17, 15) is 19.2 Å². The fraction of sp³-hybridized carbons (Fsp3) is 0.565. The number of hydrogen-bond donors (Lipinski definition) is 1. The summed E-state index contributed by atoms with van der Waals surface area (Å²) in [6, 6.07) is 6.66. The Hall–Kier alpha value is -3.14. The molecular formula is C23H28N4O6. The van der Waals surface area contributed by atoms with Crippen LogP contribution in [-0.2, 0) is 19.1 Å². The minimum absolute atomic E-state index is 0.00680. The number of rotatable bonds is 4. The number of amides is 5. The van der Waals surface area contributed by atoms with Gasteiger partial charge in [-0.25, -0.2) is 4.79 Å². The number of carbonyl (C=O) groups excluding carboxylic acids is 4. The lowest BCUT2D eigenvalue weighted by molar-refractivity contribution is -0.142. The van der Waals surface area contributed by atoms with E-state index >= 15 is 0 Å². The highest BCUT2D eigenvalue weighted by Crippen LogP contribution is 2.36. The summed E-state index contributed by atoms with van der Waals surface area (Å²) in [7, 11) is 0. The van der Waals surface area contributed by atoms with Crippen LogP contribution in [0.25, 0.3) is 0 Å². The van der Waals surface area contributed by atoms with Gasteiger partial charge in [-0.15, -0.1) is 0 Å². The number of ether oxygens (including phenoxy) is 2. The van der Waals surface area contributed by atoms with Crippen molar-refractivity contribution in [3.63, 3.8) is 0 Å². The molecule has 0 radical (unpaired) electrons. The van der Waals surface area contributed by atoms with Gasteiger partial charge in [-0.05, 0) is 25.0 Å². The quantitative estimate of drug-likeness (QED) is 0.675. The number of carbonyl (C=O) groups is 4. The molecular weight excluding hydrogens is 428 g/mol. The summed E-state index contributed by atoms with van der Waals surface area (Å²) in [5.74, 6) is -0.217. The normalized spacial score (nSPS) is 24.0. The van der Waals surface area contributed by atoms with Gasteiger partial charge in [-0.1, -0.05) is 25.0 Å². The summed E-state index contributed by atoms with van der Waals surface area (Å²) >= 11 is 0. The van der Waals surface area contributed by atoms with Crippen LogP contribution < -0.4 is 15.0 Å². The van der Waals surface area contributed by atoms with Gasteiger partial charge in [0.05, 0.1) is 25.4 Å². The van der Waals surface area contributed by atoms with Crippen LogP contribution in [0.15, 0.2) is 24.3 Å². The number of benzene rings is 1. The first kappa shape index (κ1) is 21.7. The number of nitrogens with one attached hydrogen (secondary N) is 1. The third-order valence-corrected chi connectivity index (χ3v) is 6.93. The van der Waals surface area contributed by atoms with Gasteiger partial charge in [-0.2, -0.15) is 0 Å². The number of morpholine rings is 1. The zero-order chi connectivity index (χ0) is 23.0. The van der Waals surface area contributed by atoms with E-state index in [0.29, 0.717) is 50.6 Å². The predicted molar refractivity (Wildman–Crippen MR) is 117 cm³/mol. The van der Waals surface area contributed by atoms with Gasteiger partial charge in [0.25, 0.3) is 11.8 Å². The SMILES string of the molecule is O=C(C1CN(C(=O)CCN2C(=O)NC3(CCCC3)C2=O)c2ccccc2O1)N1CCOCC1. The monoisotopic (exact) mass is 456 g/mol. The van der Waals surface area contributed by atoms with Crippen LogP contribution in [-0.4, -0.2) is 84.6 Å². The summed E-state index contributed by atoms with van der Waals surface area (Å²) in [5.41, 5.74) is -0.209. The van der Waals surface area contributed by atoms with Crippen molar-refractivity contribution < 1.29 is 28.7 Å². The van der Waals surface area contributed by atoms with Gasteiger partial charge < -0.3 is 24.6 Å². The molecule has 4 aliphatic rings. The maximum absolute atomic E-state index is 13.2. The number of fused-ring (bicyclic) bond motifs is 1. The molecule has 1 saturated carbocycles. The number of nitrogens with zero attached hydrogens (tertiary/aromatic N) is 3. The Kier molecular flexibility index (Phi) is 5.69. The van der Waals surface area contributed by atoms with E-state index in [1.807, 2.05) is 0 Å². The summed E-state index contributed by atoms with van der Waals surface area (Å²) < 4.78 is 11.3. The first-order valence-electron chi connectivity index (χ1n) is 11.6. The van der Waals surface area contributed by atoms with E-state index < -0.39 is 17.7 Å². The zero-order valence-electron chi connectivity index (χ0n) is 18.5. The molecule has 5 rings (SSSR count). The summed E-state index contributed by atoms with van der Waals surface area (Å²) in [6.07, 6.45) is 2.25. The zero-order valence-corrected chi connectivity index (χ0v) is 18.5. The maximum Gasteiger partial charge on any atom is 0.325 e. The van der Waals surface area contributed by atoms with Crippen molar-refractivity contribution >= 4 is 29.4 Å². The van der Waals surface area contributed by atoms with Crippen molar-refractivity contribution in [1.82, 2.24) is 15.1 Å². The van der Waals surface area contributed by atoms with Gasteiger partial charge in [0.15, 0.2) is 6.10 Å². The molecule has 3 aliphatic heterocycles. The van der Waals surface area contributed by atoms with E-state index in [0.717, 1.165) is 17.7 Å². The lowest BCUT2D eigenvalue weighted by Crippen LogP contribution is -2.54. The molecule has 1 atom stereocenters. The smallest absolute Gasteiger partial charge is 0.325 e. The van der Waals surface area contributed by atoms with Gasteiger partial charge in [0.2, 0.25) is 5.91 Å². The van der Waals surface area contributed by atoms with E-state index in [2.05, 4.69) is 5.32 Å². The maximum atomic E-state index is 13.2. The molecule has 0 bridgehead atoms. The average Bonchev–Trinajstić information content (AvgIpc) is 3.41. The Labute approximate surface area is 191 Å². The number of anilines is 1.